The molecule has 1 aliphatic carbocycles. The van der Waals surface area contributed by atoms with E-state index in [2.05, 4.69) is 6.58 Å². The van der Waals surface area contributed by atoms with E-state index in [-0.39, 0.29) is 17.8 Å². The van der Waals surface area contributed by atoms with Crippen molar-refractivity contribution >= 4 is 32.6 Å². The van der Waals surface area contributed by atoms with Crippen LogP contribution in [0.25, 0.3) is 0 Å². The van der Waals surface area contributed by atoms with Crippen LogP contribution in [0.5, 0.6) is 0 Å². The van der Waals surface area contributed by atoms with Crippen LogP contribution in [0.15, 0.2) is 12.7 Å². The molecule has 1 saturated carbocycles. The highest BCUT2D eigenvalue weighted by molar-refractivity contribution is 7.87. The maximum atomic E-state index is 11.5. The average Bonchev–Trinajstić information content (AvgIpc) is 2.30. The molecule has 6 nitrogen and oxygen atoms in total. The first-order chi connectivity index (χ1) is 10.0. The third-order valence-electron chi connectivity index (χ3n) is 4.37. The minimum Gasteiger partial charge on any atom is -0.285 e. The molecule has 0 aromatic heterocycles. The van der Waals surface area contributed by atoms with Crippen LogP contribution < -0.4 is 0 Å². The van der Waals surface area contributed by atoms with E-state index in [1.807, 2.05) is 6.92 Å². The van der Waals surface area contributed by atoms with Crippen molar-refractivity contribution in [3.8, 4) is 0 Å². The number of alkyl halides is 3. The number of halogens is 4. The molecule has 2 atom stereocenters. The molecule has 0 aromatic carbocycles. The first-order valence-corrected chi connectivity index (χ1v) is 9.51. The van der Waals surface area contributed by atoms with Crippen LogP contribution in [0.1, 0.15) is 46.0 Å². The summed E-state index contributed by atoms with van der Waals surface area (Å²) >= 11 is 0. The van der Waals surface area contributed by atoms with E-state index in [1.54, 1.807) is 13.0 Å². The molecule has 12 heteroatoms. The highest BCUT2D eigenvalue weighted by atomic mass is 35.5. The Morgan fingerprint density at radius 2 is 1.46 bits per heavy atom. The van der Waals surface area contributed by atoms with Gasteiger partial charge in [0.2, 0.25) is 0 Å². The fourth-order valence-electron chi connectivity index (χ4n) is 2.62. The average molecular weight is 419 g/mol. The summed E-state index contributed by atoms with van der Waals surface area (Å²) in [4.78, 5) is 0. The largest absolute Gasteiger partial charge is 0.522 e. The van der Waals surface area contributed by atoms with Gasteiger partial charge >= 0.3 is 15.6 Å². The molecule has 0 aliphatic heterocycles. The first kappa shape index (κ1) is 25.9. The third kappa shape index (κ3) is 5.87. The predicted octanol–water partition coefficient (Wildman–Crippen LogP) is 3.61. The van der Waals surface area contributed by atoms with Crippen LogP contribution >= 0.6 is 12.4 Å². The van der Waals surface area contributed by atoms with Crippen molar-refractivity contribution < 1.29 is 39.1 Å². The number of allylic oxidation sites excluding steroid dienone is 1. The molecular weight excluding hydrogens is 397 g/mol. The zero-order valence-corrected chi connectivity index (χ0v) is 15.7. The maximum Gasteiger partial charge on any atom is 0.522 e. The second-order valence-corrected chi connectivity index (χ2v) is 9.15. The van der Waals surface area contributed by atoms with Crippen LogP contribution in [-0.2, 0) is 20.2 Å². The minimum atomic E-state index is -5.84. The van der Waals surface area contributed by atoms with Crippen molar-refractivity contribution in [3.05, 3.63) is 12.7 Å². The van der Waals surface area contributed by atoms with Crippen LogP contribution in [0.3, 0.4) is 0 Å². The van der Waals surface area contributed by atoms with Gasteiger partial charge in [-0.3, -0.25) is 9.11 Å². The quantitative estimate of drug-likeness (QED) is 0.411. The second-order valence-electron chi connectivity index (χ2n) is 5.89. The Morgan fingerprint density at radius 1 is 1.08 bits per heavy atom. The molecular formula is C12H22ClF3O6S2. The topological polar surface area (TPSA) is 109 Å². The predicted molar refractivity (Wildman–Crippen MR) is 86.2 cm³/mol. The van der Waals surface area contributed by atoms with Gasteiger partial charge in [0.15, 0.2) is 0 Å². The van der Waals surface area contributed by atoms with Crippen LogP contribution in [0, 0.1) is 5.41 Å². The Morgan fingerprint density at radius 3 is 1.75 bits per heavy atom. The van der Waals surface area contributed by atoms with Crippen molar-refractivity contribution in [1.29, 1.82) is 0 Å². The zero-order valence-electron chi connectivity index (χ0n) is 13.2. The summed E-state index contributed by atoms with van der Waals surface area (Å²) in [6.45, 7) is 7.26. The molecule has 1 fully saturated rings. The molecule has 24 heavy (non-hydrogen) atoms. The molecule has 0 heterocycles. The Balaban J connectivity index is 0. The highest BCUT2D eigenvalue weighted by Gasteiger charge is 2.53. The summed E-state index contributed by atoms with van der Waals surface area (Å²) < 4.78 is 89.0. The van der Waals surface area contributed by atoms with E-state index in [0.29, 0.717) is 12.8 Å². The van der Waals surface area contributed by atoms with E-state index >= 15 is 0 Å². The van der Waals surface area contributed by atoms with Crippen molar-refractivity contribution in [3.63, 3.8) is 0 Å². The molecule has 146 valence electrons. The summed E-state index contributed by atoms with van der Waals surface area (Å²) in [5.41, 5.74) is -5.92. The first-order valence-electron chi connectivity index (χ1n) is 6.63. The van der Waals surface area contributed by atoms with Crippen LogP contribution in [-0.4, -0.2) is 36.2 Å². The molecule has 2 N–H and O–H groups in total. The molecule has 0 aromatic rings. The second kappa shape index (κ2) is 8.35. The lowest BCUT2D eigenvalue weighted by atomic mass is 9.66. The summed E-state index contributed by atoms with van der Waals surface area (Å²) in [5.74, 6) is 0. The smallest absolute Gasteiger partial charge is 0.285 e. The lowest BCUT2D eigenvalue weighted by Crippen LogP contribution is -2.51. The van der Waals surface area contributed by atoms with Gasteiger partial charge < -0.3 is 0 Å². The van der Waals surface area contributed by atoms with Gasteiger partial charge in [0.1, 0.15) is 4.75 Å². The van der Waals surface area contributed by atoms with Gasteiger partial charge in [-0.1, -0.05) is 25.8 Å². The Kier molecular flexibility index (Phi) is 9.00. The monoisotopic (exact) mass is 418 g/mol. The molecule has 0 bridgehead atoms. The Hall–Kier alpha value is -0.360. The fraction of sp³-hybridized carbons (Fsp3) is 0.833. The number of hydrogen-bond donors (Lipinski definition) is 2. The SMILES string of the molecule is C=CCC1(C)CCCCC1(C)S(=O)(=O)O.Cl.O=S(=O)(O)C(F)(F)F. The molecule has 1 aliphatic rings. The van der Waals surface area contributed by atoms with Gasteiger partial charge in [-0.2, -0.15) is 30.0 Å². The Labute approximate surface area is 146 Å². The summed E-state index contributed by atoms with van der Waals surface area (Å²) in [5, 5.41) is 0. The van der Waals surface area contributed by atoms with Crippen molar-refractivity contribution in [2.24, 2.45) is 5.41 Å². The van der Waals surface area contributed by atoms with E-state index in [1.165, 1.54) is 0 Å². The number of rotatable bonds is 3. The molecule has 1 rings (SSSR count). The summed E-state index contributed by atoms with van der Waals surface area (Å²) in [6.07, 6.45) is 5.63. The van der Waals surface area contributed by atoms with Gasteiger partial charge in [-0.25, -0.2) is 0 Å². The van der Waals surface area contributed by atoms with E-state index in [9.17, 15) is 26.1 Å². The van der Waals surface area contributed by atoms with E-state index in [4.69, 9.17) is 13.0 Å². The third-order valence-corrected chi connectivity index (χ3v) is 6.79. The number of hydrogen-bond acceptors (Lipinski definition) is 4. The van der Waals surface area contributed by atoms with Crippen molar-refractivity contribution in [1.82, 2.24) is 0 Å². The Bertz CT molecular complexity index is 632. The molecule has 0 spiro atoms. The van der Waals surface area contributed by atoms with E-state index < -0.39 is 30.5 Å². The van der Waals surface area contributed by atoms with Crippen molar-refractivity contribution in [2.45, 2.75) is 56.2 Å². The van der Waals surface area contributed by atoms with Gasteiger partial charge in [0, 0.05) is 0 Å². The summed E-state index contributed by atoms with van der Waals surface area (Å²) in [7, 11) is -9.84. The zero-order chi connectivity index (χ0) is 18.7. The van der Waals surface area contributed by atoms with Gasteiger partial charge in [0.05, 0.1) is 0 Å². The van der Waals surface area contributed by atoms with Gasteiger partial charge in [0.25, 0.3) is 10.1 Å². The van der Waals surface area contributed by atoms with Crippen LogP contribution in [0.2, 0.25) is 0 Å². The lowest BCUT2D eigenvalue weighted by Gasteiger charge is -2.47. The standard InChI is InChI=1S/C11H20O3S.CHF3O3S.ClH/c1-4-7-10(2)8-5-6-9-11(10,3)15(12,13)14;2-1(3,4)8(5,6)7;/h4H,1,5-9H2,2-3H3,(H,12,13,14);(H,5,6,7);1H. The van der Waals surface area contributed by atoms with Gasteiger partial charge in [-0.15, -0.1) is 19.0 Å². The van der Waals surface area contributed by atoms with Crippen LogP contribution in [0.4, 0.5) is 13.2 Å². The highest BCUT2D eigenvalue weighted by Crippen LogP contribution is 2.50. The van der Waals surface area contributed by atoms with Crippen molar-refractivity contribution in [2.75, 3.05) is 0 Å². The molecule has 0 amide bonds. The fourth-order valence-corrected chi connectivity index (χ4v) is 3.83. The lowest BCUT2D eigenvalue weighted by molar-refractivity contribution is -0.0510. The molecule has 2 unspecified atom stereocenters. The molecule has 0 radical (unpaired) electrons. The maximum absolute atomic E-state index is 11.5. The minimum absolute atomic E-state index is 0. The summed E-state index contributed by atoms with van der Waals surface area (Å²) in [6, 6.07) is 0. The van der Waals surface area contributed by atoms with Gasteiger partial charge in [-0.05, 0) is 31.6 Å². The normalized spacial score (nSPS) is 28.1. The van der Waals surface area contributed by atoms with E-state index in [0.717, 1.165) is 19.3 Å². The molecule has 0 saturated heterocycles.